The molecule has 26 heavy (non-hydrogen) atoms. The molecule has 0 aliphatic carbocycles. The molecule has 0 spiro atoms. The molecule has 1 atom stereocenters. The summed E-state index contributed by atoms with van der Waals surface area (Å²) in [4.78, 5) is 11.7. The Bertz CT molecular complexity index is 857. The van der Waals surface area contributed by atoms with Crippen molar-refractivity contribution in [1.29, 1.82) is 0 Å². The Kier molecular flexibility index (Phi) is 5.31. The molecule has 0 radical (unpaired) electrons. The molecule has 1 amide bonds. The van der Waals surface area contributed by atoms with E-state index in [2.05, 4.69) is 20.8 Å². The van der Waals surface area contributed by atoms with Gasteiger partial charge in [-0.25, -0.2) is 0 Å². The lowest BCUT2D eigenvalue weighted by atomic mass is 10.2. The summed E-state index contributed by atoms with van der Waals surface area (Å²) in [5.74, 6) is 0.963. The van der Waals surface area contributed by atoms with Crippen molar-refractivity contribution < 1.29 is 9.21 Å². The van der Waals surface area contributed by atoms with Gasteiger partial charge in [0.05, 0.1) is 0 Å². The van der Waals surface area contributed by atoms with Crippen LogP contribution in [0, 0.1) is 5.92 Å². The molecule has 3 aromatic rings. The molecule has 0 fully saturated rings. The minimum Gasteiger partial charge on any atom is -0.418 e. The van der Waals surface area contributed by atoms with Crippen LogP contribution in [0.5, 0.6) is 0 Å². The second kappa shape index (κ2) is 7.82. The Morgan fingerprint density at radius 2 is 1.58 bits per heavy atom. The van der Waals surface area contributed by atoms with E-state index in [4.69, 9.17) is 4.42 Å². The highest BCUT2D eigenvalue weighted by atomic mass is 16.4. The fraction of sp³-hybridized carbons (Fsp3) is 0.250. The van der Waals surface area contributed by atoms with Crippen molar-refractivity contribution in [3.63, 3.8) is 0 Å². The lowest BCUT2D eigenvalue weighted by molar-refractivity contribution is -0.118. The molecule has 1 aromatic heterocycles. The lowest BCUT2D eigenvalue weighted by Gasteiger charge is -2.13. The number of benzene rings is 2. The van der Waals surface area contributed by atoms with Gasteiger partial charge in [-0.1, -0.05) is 32.0 Å². The van der Waals surface area contributed by atoms with Crippen molar-refractivity contribution >= 4 is 17.3 Å². The molecule has 0 bridgehead atoms. The van der Waals surface area contributed by atoms with Crippen molar-refractivity contribution in [3.8, 4) is 11.5 Å². The zero-order valence-electron chi connectivity index (χ0n) is 15.1. The van der Waals surface area contributed by atoms with Crippen LogP contribution in [-0.4, -0.2) is 16.1 Å². The molecule has 6 heteroatoms. The molecule has 0 aliphatic heterocycles. The van der Waals surface area contributed by atoms with Crippen LogP contribution in [0.4, 0.5) is 11.4 Å². The van der Waals surface area contributed by atoms with Gasteiger partial charge in [-0.05, 0) is 43.3 Å². The third-order valence-electron chi connectivity index (χ3n) is 3.89. The summed E-state index contributed by atoms with van der Waals surface area (Å²) in [6.45, 7) is 5.68. The summed E-state index contributed by atoms with van der Waals surface area (Å²) in [6.07, 6.45) is 0. The molecule has 0 saturated carbocycles. The molecule has 2 N–H and O–H groups in total. The van der Waals surface area contributed by atoms with Crippen LogP contribution < -0.4 is 10.6 Å². The van der Waals surface area contributed by atoms with Crippen LogP contribution in [0.25, 0.3) is 11.5 Å². The van der Waals surface area contributed by atoms with Gasteiger partial charge in [0.15, 0.2) is 0 Å². The van der Waals surface area contributed by atoms with Crippen molar-refractivity contribution in [3.05, 3.63) is 60.5 Å². The van der Waals surface area contributed by atoms with Crippen LogP contribution in [-0.2, 0) is 4.79 Å². The molecular formula is C20H22N4O2. The number of amides is 1. The third-order valence-corrected chi connectivity index (χ3v) is 3.89. The van der Waals surface area contributed by atoms with E-state index < -0.39 is 0 Å². The standard InChI is InChI=1S/C20H22N4O2/c1-13(2)18(25)22-17-11-9-16(10-12-17)21-14(3)19-23-24-20(26-19)15-7-5-4-6-8-15/h4-14,21H,1-3H3,(H,22,25). The van der Waals surface area contributed by atoms with E-state index >= 15 is 0 Å². The van der Waals surface area contributed by atoms with Gasteiger partial charge in [0.25, 0.3) is 0 Å². The van der Waals surface area contributed by atoms with E-state index in [9.17, 15) is 4.79 Å². The average molecular weight is 350 g/mol. The van der Waals surface area contributed by atoms with Crippen molar-refractivity contribution in [1.82, 2.24) is 10.2 Å². The summed E-state index contributed by atoms with van der Waals surface area (Å²) in [7, 11) is 0. The second-order valence-electron chi connectivity index (χ2n) is 6.40. The van der Waals surface area contributed by atoms with Crippen molar-refractivity contribution in [2.75, 3.05) is 10.6 Å². The maximum Gasteiger partial charge on any atom is 0.247 e. The summed E-state index contributed by atoms with van der Waals surface area (Å²) in [6, 6.07) is 17.0. The number of rotatable bonds is 6. The van der Waals surface area contributed by atoms with Crippen LogP contribution in [0.1, 0.15) is 32.7 Å². The molecule has 0 aliphatic rings. The maximum absolute atomic E-state index is 11.7. The van der Waals surface area contributed by atoms with E-state index in [1.807, 2.05) is 75.4 Å². The summed E-state index contributed by atoms with van der Waals surface area (Å²) >= 11 is 0. The topological polar surface area (TPSA) is 80.0 Å². The highest BCUT2D eigenvalue weighted by molar-refractivity contribution is 5.92. The number of hydrogen-bond acceptors (Lipinski definition) is 5. The Morgan fingerprint density at radius 3 is 2.23 bits per heavy atom. The molecule has 6 nitrogen and oxygen atoms in total. The molecule has 1 heterocycles. The Morgan fingerprint density at radius 1 is 0.923 bits per heavy atom. The normalized spacial score (nSPS) is 12.0. The highest BCUT2D eigenvalue weighted by Crippen LogP contribution is 2.23. The number of carbonyl (C=O) groups excluding carboxylic acids is 1. The fourth-order valence-corrected chi connectivity index (χ4v) is 2.36. The number of hydrogen-bond donors (Lipinski definition) is 2. The van der Waals surface area contributed by atoms with Crippen molar-refractivity contribution in [2.24, 2.45) is 5.92 Å². The van der Waals surface area contributed by atoms with E-state index in [1.165, 1.54) is 0 Å². The van der Waals surface area contributed by atoms with Crippen molar-refractivity contribution in [2.45, 2.75) is 26.8 Å². The number of nitrogens with zero attached hydrogens (tertiary/aromatic N) is 2. The van der Waals surface area contributed by atoms with Gasteiger partial charge in [0.1, 0.15) is 6.04 Å². The second-order valence-corrected chi connectivity index (χ2v) is 6.40. The summed E-state index contributed by atoms with van der Waals surface area (Å²) in [5.41, 5.74) is 2.56. The van der Waals surface area contributed by atoms with Gasteiger partial charge in [-0.2, -0.15) is 0 Å². The number of aromatic nitrogens is 2. The van der Waals surface area contributed by atoms with E-state index in [-0.39, 0.29) is 17.9 Å². The first kappa shape index (κ1) is 17.7. The van der Waals surface area contributed by atoms with Gasteiger partial charge in [0, 0.05) is 22.9 Å². The molecule has 0 saturated heterocycles. The Balaban J connectivity index is 1.64. The Labute approximate surface area is 152 Å². The first-order chi connectivity index (χ1) is 12.5. The number of nitrogens with one attached hydrogen (secondary N) is 2. The van der Waals surface area contributed by atoms with E-state index in [0.717, 1.165) is 16.9 Å². The van der Waals surface area contributed by atoms with Gasteiger partial charge >= 0.3 is 0 Å². The van der Waals surface area contributed by atoms with E-state index in [0.29, 0.717) is 11.8 Å². The van der Waals surface area contributed by atoms with Gasteiger partial charge in [-0.3, -0.25) is 4.79 Å². The van der Waals surface area contributed by atoms with Crippen LogP contribution in [0.3, 0.4) is 0 Å². The summed E-state index contributed by atoms with van der Waals surface area (Å²) in [5, 5.41) is 14.4. The molecule has 1 unspecified atom stereocenters. The highest BCUT2D eigenvalue weighted by Gasteiger charge is 2.15. The van der Waals surface area contributed by atoms with Gasteiger partial charge < -0.3 is 15.1 Å². The predicted octanol–water partition coefficient (Wildman–Crippen LogP) is 4.50. The molecule has 2 aromatic carbocycles. The average Bonchev–Trinajstić information content (AvgIpc) is 3.14. The summed E-state index contributed by atoms with van der Waals surface area (Å²) < 4.78 is 5.76. The smallest absolute Gasteiger partial charge is 0.247 e. The minimum absolute atomic E-state index is 0.00150. The quantitative estimate of drug-likeness (QED) is 0.684. The van der Waals surface area contributed by atoms with Gasteiger partial charge in [-0.15, -0.1) is 10.2 Å². The van der Waals surface area contributed by atoms with Gasteiger partial charge in [0.2, 0.25) is 17.7 Å². The zero-order chi connectivity index (χ0) is 18.5. The maximum atomic E-state index is 11.7. The number of anilines is 2. The van der Waals surface area contributed by atoms with Crippen LogP contribution >= 0.6 is 0 Å². The largest absolute Gasteiger partial charge is 0.418 e. The first-order valence-electron chi connectivity index (χ1n) is 8.59. The minimum atomic E-state index is -0.143. The Hall–Kier alpha value is -3.15. The lowest BCUT2D eigenvalue weighted by Crippen LogP contribution is -2.17. The predicted molar refractivity (Wildman–Crippen MR) is 102 cm³/mol. The van der Waals surface area contributed by atoms with Crippen LogP contribution in [0.15, 0.2) is 59.0 Å². The fourth-order valence-electron chi connectivity index (χ4n) is 2.36. The zero-order valence-corrected chi connectivity index (χ0v) is 15.1. The first-order valence-corrected chi connectivity index (χ1v) is 8.59. The van der Waals surface area contributed by atoms with Crippen LogP contribution in [0.2, 0.25) is 0 Å². The number of carbonyl (C=O) groups is 1. The molecule has 134 valence electrons. The molecule has 3 rings (SSSR count). The monoisotopic (exact) mass is 350 g/mol. The SMILES string of the molecule is CC(C)C(=O)Nc1ccc(NC(C)c2nnc(-c3ccccc3)o2)cc1. The van der Waals surface area contributed by atoms with E-state index in [1.54, 1.807) is 0 Å². The third kappa shape index (κ3) is 4.27. The molecular weight excluding hydrogens is 328 g/mol.